The van der Waals surface area contributed by atoms with E-state index in [1.807, 2.05) is 0 Å². The number of ether oxygens (including phenoxy) is 1. The molecule has 0 aromatic heterocycles. The Morgan fingerprint density at radius 3 is 2.42 bits per heavy atom. The smallest absolute Gasteiger partial charge is 0.416 e. The van der Waals surface area contributed by atoms with Crippen molar-refractivity contribution in [3.8, 4) is 0 Å². The van der Waals surface area contributed by atoms with Crippen LogP contribution in [0, 0.1) is 0 Å². The number of halogens is 4. The van der Waals surface area contributed by atoms with Crippen LogP contribution in [0.5, 0.6) is 0 Å². The molecule has 0 saturated carbocycles. The van der Waals surface area contributed by atoms with Crippen LogP contribution in [0.3, 0.4) is 0 Å². The average molecular weight is 465 g/mol. The maximum atomic E-state index is 13.0. The van der Waals surface area contributed by atoms with Gasteiger partial charge < -0.3 is 25.2 Å². The molecule has 3 rings (SSSR count). The Labute approximate surface area is 185 Å². The number of hydrogen-bond donors (Lipinski definition) is 1. The molecule has 2 N–H and O–H groups in total. The number of piperazine rings is 1. The van der Waals surface area contributed by atoms with Gasteiger partial charge in [0.15, 0.2) is 0 Å². The summed E-state index contributed by atoms with van der Waals surface area (Å²) in [6.45, 7) is 3.58. The van der Waals surface area contributed by atoms with Gasteiger partial charge in [-0.05, 0) is 43.6 Å². The zero-order valence-electron chi connectivity index (χ0n) is 17.4. The van der Waals surface area contributed by atoms with E-state index in [9.17, 15) is 22.8 Å². The maximum absolute atomic E-state index is 13.0. The molecule has 0 aliphatic carbocycles. The maximum Gasteiger partial charge on any atom is 0.416 e. The van der Waals surface area contributed by atoms with Crippen LogP contribution in [0.15, 0.2) is 18.2 Å². The zero-order valence-corrected chi connectivity index (χ0v) is 18.2. The molecule has 7 nitrogen and oxygen atoms in total. The lowest BCUT2D eigenvalue weighted by Crippen LogP contribution is -2.59. The van der Waals surface area contributed by atoms with Gasteiger partial charge in [0.05, 0.1) is 25.1 Å². The van der Waals surface area contributed by atoms with E-state index in [2.05, 4.69) is 4.90 Å². The monoisotopic (exact) mass is 464 g/mol. The van der Waals surface area contributed by atoms with Crippen LogP contribution >= 0.6 is 12.4 Å². The van der Waals surface area contributed by atoms with Crippen molar-refractivity contribution < 1.29 is 27.5 Å². The first-order valence-corrected chi connectivity index (χ1v) is 9.99. The molecule has 1 aromatic carbocycles. The largest absolute Gasteiger partial charge is 0.453 e. The zero-order chi connectivity index (χ0) is 21.9. The molecule has 2 saturated heterocycles. The Balaban J connectivity index is 0.00000341. The van der Waals surface area contributed by atoms with E-state index in [0.29, 0.717) is 31.7 Å². The molecule has 2 aliphatic rings. The van der Waals surface area contributed by atoms with Gasteiger partial charge in [-0.25, -0.2) is 4.79 Å². The van der Waals surface area contributed by atoms with Gasteiger partial charge in [-0.3, -0.25) is 4.79 Å². The second-order valence-corrected chi connectivity index (χ2v) is 7.75. The van der Waals surface area contributed by atoms with Crippen molar-refractivity contribution in [3.63, 3.8) is 0 Å². The van der Waals surface area contributed by atoms with Crippen molar-refractivity contribution >= 4 is 30.1 Å². The summed E-state index contributed by atoms with van der Waals surface area (Å²) in [4.78, 5) is 30.5. The molecule has 1 aromatic rings. The normalized spacial score (nSPS) is 19.8. The lowest BCUT2D eigenvalue weighted by atomic mass is 10.0. The molecular formula is C20H28ClF3N4O3. The van der Waals surface area contributed by atoms with E-state index < -0.39 is 17.8 Å². The Kier molecular flexibility index (Phi) is 8.41. The molecule has 31 heavy (non-hydrogen) atoms. The van der Waals surface area contributed by atoms with E-state index in [0.717, 1.165) is 38.1 Å². The van der Waals surface area contributed by atoms with Gasteiger partial charge in [-0.15, -0.1) is 12.4 Å². The average Bonchev–Trinajstić information content (AvgIpc) is 3.21. The highest BCUT2D eigenvalue weighted by atomic mass is 35.5. The number of rotatable bonds is 4. The number of nitrogens with two attached hydrogens (primary N) is 1. The van der Waals surface area contributed by atoms with Gasteiger partial charge in [0.1, 0.15) is 0 Å². The minimum absolute atomic E-state index is 0. The fourth-order valence-electron chi connectivity index (χ4n) is 4.09. The number of carbonyl (C=O) groups excluding carboxylic acids is 2. The fourth-order valence-corrected chi connectivity index (χ4v) is 4.09. The highest BCUT2D eigenvalue weighted by Gasteiger charge is 2.35. The van der Waals surface area contributed by atoms with Crippen LogP contribution in [0.1, 0.15) is 24.0 Å². The number of benzene rings is 1. The number of alkyl halides is 3. The summed E-state index contributed by atoms with van der Waals surface area (Å²) >= 11 is 0. The van der Waals surface area contributed by atoms with E-state index in [1.54, 1.807) is 9.80 Å². The first-order chi connectivity index (χ1) is 14.2. The lowest BCUT2D eigenvalue weighted by Gasteiger charge is -2.42. The third kappa shape index (κ3) is 6.16. The summed E-state index contributed by atoms with van der Waals surface area (Å²) in [7, 11) is 1.32. The Morgan fingerprint density at radius 1 is 1.16 bits per heavy atom. The number of amides is 2. The molecule has 11 heteroatoms. The third-order valence-corrected chi connectivity index (χ3v) is 5.72. The summed E-state index contributed by atoms with van der Waals surface area (Å²) in [6, 6.07) is 2.85. The minimum atomic E-state index is -4.48. The molecule has 2 aliphatic heterocycles. The summed E-state index contributed by atoms with van der Waals surface area (Å²) in [5.74, 6) is -0.213. The first kappa shape index (κ1) is 25.1. The molecular weight excluding hydrogens is 437 g/mol. The van der Waals surface area contributed by atoms with E-state index in [1.165, 1.54) is 13.2 Å². The molecule has 1 atom stereocenters. The molecule has 174 valence electrons. The van der Waals surface area contributed by atoms with Gasteiger partial charge in [0, 0.05) is 31.9 Å². The van der Waals surface area contributed by atoms with Crippen molar-refractivity contribution in [1.29, 1.82) is 0 Å². The van der Waals surface area contributed by atoms with Crippen LogP contribution < -0.4 is 5.73 Å². The van der Waals surface area contributed by atoms with Crippen molar-refractivity contribution in [2.45, 2.75) is 31.5 Å². The first-order valence-electron chi connectivity index (χ1n) is 9.99. The number of carbonyl (C=O) groups is 2. The minimum Gasteiger partial charge on any atom is -0.453 e. The van der Waals surface area contributed by atoms with Crippen molar-refractivity contribution in [2.75, 3.05) is 52.1 Å². The molecule has 0 bridgehead atoms. The SMILES string of the molecule is COC(=O)N1CCN(C(=O)Cc2ccc(C(F)(F)F)cc2N)C(CN2CCCC2)C1.Cl. The summed E-state index contributed by atoms with van der Waals surface area (Å²) in [6.07, 6.45) is -2.80. The third-order valence-electron chi connectivity index (χ3n) is 5.72. The number of hydrogen-bond acceptors (Lipinski definition) is 5. The predicted octanol–water partition coefficient (Wildman–Crippen LogP) is 2.63. The van der Waals surface area contributed by atoms with Gasteiger partial charge in [-0.1, -0.05) is 6.07 Å². The lowest BCUT2D eigenvalue weighted by molar-refractivity contribution is -0.137. The Bertz CT molecular complexity index is 787. The fraction of sp³-hybridized carbons (Fsp3) is 0.600. The number of nitrogens with zero attached hydrogens (tertiary/aromatic N) is 3. The van der Waals surface area contributed by atoms with Crippen molar-refractivity contribution in [1.82, 2.24) is 14.7 Å². The topological polar surface area (TPSA) is 79.1 Å². The molecule has 1 unspecified atom stereocenters. The quantitative estimate of drug-likeness (QED) is 0.693. The number of anilines is 1. The molecule has 0 radical (unpaired) electrons. The van der Waals surface area contributed by atoms with Crippen LogP contribution in [0.25, 0.3) is 0 Å². The van der Waals surface area contributed by atoms with Gasteiger partial charge in [-0.2, -0.15) is 13.2 Å². The molecule has 0 spiro atoms. The van der Waals surface area contributed by atoms with Crippen LogP contribution in [0.2, 0.25) is 0 Å². The van der Waals surface area contributed by atoms with Crippen LogP contribution in [0.4, 0.5) is 23.7 Å². The number of likely N-dealkylation sites (tertiary alicyclic amines) is 1. The standard InChI is InChI=1S/C20H27F3N4O3.ClH/c1-30-19(29)26-8-9-27(16(13-26)12-25-6-2-3-7-25)18(28)10-14-4-5-15(11-17(14)24)20(21,22)23;/h4-5,11,16H,2-3,6-10,12-13,24H2,1H3;1H. The van der Waals surface area contributed by atoms with Crippen LogP contribution in [-0.2, 0) is 22.1 Å². The summed E-state index contributed by atoms with van der Waals surface area (Å²) in [5.41, 5.74) is 5.27. The van der Waals surface area contributed by atoms with Gasteiger partial charge >= 0.3 is 12.3 Å². The number of nitrogen functional groups attached to an aromatic ring is 1. The van der Waals surface area contributed by atoms with Crippen LogP contribution in [-0.4, -0.2) is 79.1 Å². The highest BCUT2D eigenvalue weighted by Crippen LogP contribution is 2.31. The van der Waals surface area contributed by atoms with Gasteiger partial charge in [0.25, 0.3) is 0 Å². The molecule has 2 fully saturated rings. The summed E-state index contributed by atoms with van der Waals surface area (Å²) in [5, 5.41) is 0. The van der Waals surface area contributed by atoms with Crippen molar-refractivity contribution in [3.05, 3.63) is 29.3 Å². The molecule has 2 heterocycles. The van der Waals surface area contributed by atoms with E-state index in [4.69, 9.17) is 10.5 Å². The molecule has 2 amide bonds. The number of methoxy groups -OCH3 is 1. The van der Waals surface area contributed by atoms with Crippen molar-refractivity contribution in [2.24, 2.45) is 0 Å². The predicted molar refractivity (Wildman–Crippen MR) is 112 cm³/mol. The Morgan fingerprint density at radius 2 is 1.84 bits per heavy atom. The van der Waals surface area contributed by atoms with E-state index >= 15 is 0 Å². The van der Waals surface area contributed by atoms with E-state index in [-0.39, 0.29) is 36.5 Å². The Hall–Kier alpha value is -2.20. The van der Waals surface area contributed by atoms with Gasteiger partial charge in [0.2, 0.25) is 5.91 Å². The highest BCUT2D eigenvalue weighted by molar-refractivity contribution is 5.85. The second kappa shape index (κ2) is 10.4. The summed E-state index contributed by atoms with van der Waals surface area (Å²) < 4.78 is 43.4. The second-order valence-electron chi connectivity index (χ2n) is 7.75.